The monoisotopic (exact) mass is 496 g/mol. The van der Waals surface area contributed by atoms with Crippen molar-refractivity contribution in [2.75, 3.05) is 20.2 Å². The van der Waals surface area contributed by atoms with Crippen LogP contribution in [0.15, 0.2) is 16.7 Å². The van der Waals surface area contributed by atoms with E-state index in [1.807, 2.05) is 6.92 Å². The molecule has 0 aliphatic heterocycles. The fourth-order valence-corrected chi connectivity index (χ4v) is 4.39. The van der Waals surface area contributed by atoms with Crippen molar-refractivity contribution in [1.82, 2.24) is 10.1 Å². The van der Waals surface area contributed by atoms with Crippen LogP contribution in [-0.2, 0) is 22.2 Å². The number of carbonyl (C=O) groups is 2. The molecule has 2 atom stereocenters. The first-order valence-electron chi connectivity index (χ1n) is 9.88. The summed E-state index contributed by atoms with van der Waals surface area (Å²) in [5.41, 5.74) is -0.544. The number of aromatic nitrogens is 1. The number of halogens is 5. The summed E-state index contributed by atoms with van der Waals surface area (Å²) in [7, 11) is 1.51. The summed E-state index contributed by atoms with van der Waals surface area (Å²) in [5, 5.41) is 12.1. The maximum absolute atomic E-state index is 13.1. The van der Waals surface area contributed by atoms with E-state index in [9.17, 15) is 22.8 Å². The number of ether oxygens (including phenoxy) is 1. The molecule has 1 aromatic heterocycles. The van der Waals surface area contributed by atoms with Gasteiger partial charge in [-0.25, -0.2) is 0 Å². The molecule has 0 radical (unpaired) electrons. The number of hydrogen-bond donors (Lipinski definition) is 1. The summed E-state index contributed by atoms with van der Waals surface area (Å²) in [5.74, 6) is -3.49. The Labute approximate surface area is 191 Å². The third kappa shape index (κ3) is 4.61. The van der Waals surface area contributed by atoms with E-state index in [1.54, 1.807) is 0 Å². The minimum Gasteiger partial charge on any atom is -0.493 e. The van der Waals surface area contributed by atoms with Crippen molar-refractivity contribution in [3.05, 3.63) is 23.4 Å². The maximum atomic E-state index is 13.1. The first-order valence-corrected chi connectivity index (χ1v) is 10.6. The molecule has 1 amide bonds. The van der Waals surface area contributed by atoms with E-state index >= 15 is 0 Å². The van der Waals surface area contributed by atoms with Gasteiger partial charge in [0, 0.05) is 19.2 Å². The SMILES string of the molecule is CCCc1c(OCCCN(C)C(=O)C2C(C(=O)O)C2(Cl)Cl)ccc2c(C(F)(F)F)noc12. The largest absolute Gasteiger partial charge is 0.493 e. The Kier molecular flexibility index (Phi) is 6.86. The predicted molar refractivity (Wildman–Crippen MR) is 110 cm³/mol. The predicted octanol–water partition coefficient (Wildman–Crippen LogP) is 4.53. The second kappa shape index (κ2) is 8.97. The van der Waals surface area contributed by atoms with Crippen LogP contribution in [0.3, 0.4) is 0 Å². The lowest BCUT2D eigenvalue weighted by Gasteiger charge is -2.18. The molecule has 32 heavy (non-hydrogen) atoms. The highest BCUT2D eigenvalue weighted by atomic mass is 35.5. The lowest BCUT2D eigenvalue weighted by Crippen LogP contribution is -2.31. The number of benzene rings is 1. The molecule has 0 saturated heterocycles. The van der Waals surface area contributed by atoms with Gasteiger partial charge in [-0.15, -0.1) is 0 Å². The molecular formula is C20H21Cl2F3N2O5. The maximum Gasteiger partial charge on any atom is 0.437 e. The molecule has 1 aliphatic carbocycles. The first kappa shape index (κ1) is 24.4. The van der Waals surface area contributed by atoms with Gasteiger partial charge in [-0.1, -0.05) is 41.7 Å². The van der Waals surface area contributed by atoms with Gasteiger partial charge in [0.1, 0.15) is 16.0 Å². The van der Waals surface area contributed by atoms with Gasteiger partial charge in [0.05, 0.1) is 17.9 Å². The fraction of sp³-hybridized carbons (Fsp3) is 0.550. The minimum absolute atomic E-state index is 0.0398. The molecule has 0 bridgehead atoms. The van der Waals surface area contributed by atoms with Gasteiger partial charge in [-0.3, -0.25) is 9.59 Å². The summed E-state index contributed by atoms with van der Waals surface area (Å²) >= 11 is 11.8. The van der Waals surface area contributed by atoms with Gasteiger partial charge in [-0.2, -0.15) is 13.2 Å². The molecule has 1 aliphatic rings. The summed E-state index contributed by atoms with van der Waals surface area (Å²) in [6.07, 6.45) is -3.15. The molecule has 2 aromatic rings. The molecule has 1 N–H and O–H groups in total. The Bertz CT molecular complexity index is 1020. The number of alkyl halides is 5. The number of aliphatic carboxylic acids is 1. The average molecular weight is 497 g/mol. The number of fused-ring (bicyclic) bond motifs is 1. The Morgan fingerprint density at radius 1 is 1.31 bits per heavy atom. The molecule has 1 fully saturated rings. The van der Waals surface area contributed by atoms with Crippen LogP contribution in [0.2, 0.25) is 0 Å². The smallest absolute Gasteiger partial charge is 0.437 e. The van der Waals surface area contributed by atoms with Gasteiger partial charge < -0.3 is 19.3 Å². The molecule has 0 spiro atoms. The summed E-state index contributed by atoms with van der Waals surface area (Å²) < 4.78 is 48.4. The van der Waals surface area contributed by atoms with Crippen LogP contribution < -0.4 is 4.74 Å². The van der Waals surface area contributed by atoms with Crippen LogP contribution in [0.4, 0.5) is 13.2 Å². The molecule has 3 rings (SSSR count). The standard InChI is InChI=1S/C20H21Cl2F3N2O5/c1-3-5-10-12(7-6-11-15(10)32-26-16(11)20(23,24)25)31-9-4-8-27(2)17(28)13-14(18(29)30)19(13,21)22/h6-7,13-14H,3-5,8-9H2,1-2H3,(H,29,30). The van der Waals surface area contributed by atoms with E-state index in [0.29, 0.717) is 30.6 Å². The second-order valence-corrected chi connectivity index (χ2v) is 9.07. The van der Waals surface area contributed by atoms with E-state index in [2.05, 4.69) is 5.16 Å². The number of rotatable bonds is 9. The number of carboxylic acids is 1. The Morgan fingerprint density at radius 2 is 2.00 bits per heavy atom. The quantitative estimate of drug-likeness (QED) is 0.404. The Balaban J connectivity index is 1.62. The lowest BCUT2D eigenvalue weighted by molar-refractivity contribution is -0.142. The number of hydrogen-bond acceptors (Lipinski definition) is 5. The van der Waals surface area contributed by atoms with Gasteiger partial charge >= 0.3 is 12.1 Å². The molecule has 1 saturated carbocycles. The molecule has 1 aromatic carbocycles. The highest BCUT2D eigenvalue weighted by Gasteiger charge is 2.71. The minimum atomic E-state index is -4.63. The third-order valence-corrected chi connectivity index (χ3v) is 6.27. The van der Waals surface area contributed by atoms with Gasteiger partial charge in [0.25, 0.3) is 0 Å². The van der Waals surface area contributed by atoms with Crippen molar-refractivity contribution in [1.29, 1.82) is 0 Å². The Hall–Kier alpha value is -2.20. The third-order valence-electron chi connectivity index (χ3n) is 5.33. The Morgan fingerprint density at radius 3 is 2.56 bits per heavy atom. The van der Waals surface area contributed by atoms with Crippen molar-refractivity contribution in [3.8, 4) is 5.75 Å². The number of carboxylic acid groups (broad SMARTS) is 1. The zero-order valence-electron chi connectivity index (χ0n) is 17.2. The van der Waals surface area contributed by atoms with Crippen molar-refractivity contribution >= 4 is 46.0 Å². The van der Waals surface area contributed by atoms with Crippen LogP contribution in [0.1, 0.15) is 31.0 Å². The highest BCUT2D eigenvalue weighted by Crippen LogP contribution is 2.59. The highest BCUT2D eigenvalue weighted by molar-refractivity contribution is 6.54. The van der Waals surface area contributed by atoms with Crippen LogP contribution in [-0.4, -0.2) is 51.6 Å². The fourth-order valence-electron chi connectivity index (χ4n) is 3.64. The van der Waals surface area contributed by atoms with Gasteiger partial charge in [-0.05, 0) is 25.0 Å². The number of carbonyl (C=O) groups excluding carboxylic acids is 1. The molecule has 12 heteroatoms. The number of aryl methyl sites for hydroxylation is 1. The number of amides is 1. The molecule has 176 valence electrons. The van der Waals surface area contributed by atoms with Crippen LogP contribution in [0.5, 0.6) is 5.75 Å². The van der Waals surface area contributed by atoms with E-state index in [-0.39, 0.29) is 24.1 Å². The van der Waals surface area contributed by atoms with E-state index in [4.69, 9.17) is 37.6 Å². The van der Waals surface area contributed by atoms with Crippen LogP contribution in [0.25, 0.3) is 11.0 Å². The van der Waals surface area contributed by atoms with Crippen molar-refractivity contribution in [2.45, 2.75) is 36.7 Å². The average Bonchev–Trinajstić information content (AvgIpc) is 3.05. The molecule has 7 nitrogen and oxygen atoms in total. The van der Waals surface area contributed by atoms with Crippen LogP contribution in [0, 0.1) is 11.8 Å². The van der Waals surface area contributed by atoms with Crippen molar-refractivity contribution in [2.24, 2.45) is 11.8 Å². The zero-order valence-corrected chi connectivity index (χ0v) is 18.7. The first-order chi connectivity index (χ1) is 14.9. The zero-order chi connectivity index (χ0) is 23.8. The van der Waals surface area contributed by atoms with Crippen molar-refractivity contribution in [3.63, 3.8) is 0 Å². The van der Waals surface area contributed by atoms with E-state index in [1.165, 1.54) is 24.1 Å². The van der Waals surface area contributed by atoms with E-state index < -0.39 is 39.9 Å². The van der Waals surface area contributed by atoms with Crippen molar-refractivity contribution < 1.29 is 37.1 Å². The summed E-state index contributed by atoms with van der Waals surface area (Å²) in [6, 6.07) is 2.71. The lowest BCUT2D eigenvalue weighted by atomic mass is 10.0. The van der Waals surface area contributed by atoms with E-state index in [0.717, 1.165) is 0 Å². The number of nitrogens with zero attached hydrogens (tertiary/aromatic N) is 2. The summed E-state index contributed by atoms with van der Waals surface area (Å²) in [6.45, 7) is 2.29. The normalized spacial score (nSPS) is 19.7. The van der Waals surface area contributed by atoms with Gasteiger partial charge in [0.2, 0.25) is 5.91 Å². The second-order valence-electron chi connectivity index (χ2n) is 7.63. The molecular weight excluding hydrogens is 476 g/mol. The topological polar surface area (TPSA) is 92.9 Å². The molecule has 1 heterocycles. The summed E-state index contributed by atoms with van der Waals surface area (Å²) in [4.78, 5) is 24.9. The molecule has 2 unspecified atom stereocenters. The van der Waals surface area contributed by atoms with Gasteiger partial charge in [0.15, 0.2) is 11.3 Å². The van der Waals surface area contributed by atoms with Crippen LogP contribution >= 0.6 is 23.2 Å².